The first kappa shape index (κ1) is 18.6. The molecular formula is C25H16O6. The molecule has 0 saturated heterocycles. The lowest BCUT2D eigenvalue weighted by Gasteiger charge is -2.15. The summed E-state index contributed by atoms with van der Waals surface area (Å²) in [7, 11) is 0. The maximum absolute atomic E-state index is 13.2. The molecule has 0 aliphatic heterocycles. The van der Waals surface area contributed by atoms with Gasteiger partial charge in [0.15, 0.2) is 11.3 Å². The van der Waals surface area contributed by atoms with E-state index in [1.807, 2.05) is 0 Å². The van der Waals surface area contributed by atoms with Gasteiger partial charge in [-0.25, -0.2) is 0 Å². The second-order valence-corrected chi connectivity index (χ2v) is 7.20. The highest BCUT2D eigenvalue weighted by Crippen LogP contribution is 2.44. The number of phenols is 4. The highest BCUT2D eigenvalue weighted by Gasteiger charge is 2.21. The van der Waals surface area contributed by atoms with Crippen LogP contribution >= 0.6 is 0 Å². The Morgan fingerprint density at radius 1 is 0.710 bits per heavy atom. The summed E-state index contributed by atoms with van der Waals surface area (Å²) in [4.78, 5) is 13.2. The average Bonchev–Trinajstić information content (AvgIpc) is 2.76. The minimum atomic E-state index is -0.470. The first-order valence-electron chi connectivity index (χ1n) is 9.47. The van der Waals surface area contributed by atoms with Crippen LogP contribution in [0.4, 0.5) is 0 Å². The van der Waals surface area contributed by atoms with Gasteiger partial charge in [0.05, 0.1) is 5.39 Å². The van der Waals surface area contributed by atoms with E-state index in [1.165, 1.54) is 42.5 Å². The molecule has 0 fully saturated rings. The largest absolute Gasteiger partial charge is 0.508 e. The standard InChI is InChI=1S/C25H16O6/c26-15-8-4-13(5-9-15)18-12-20-22(23(29)17-2-1-3-19(28)25(17)31-20)24(30)21(18)14-6-10-16(27)11-7-14/h1-12,26-28,30H. The Kier molecular flexibility index (Phi) is 4.08. The van der Waals surface area contributed by atoms with Crippen molar-refractivity contribution >= 4 is 21.9 Å². The van der Waals surface area contributed by atoms with E-state index in [-0.39, 0.29) is 44.9 Å². The van der Waals surface area contributed by atoms with Gasteiger partial charge >= 0.3 is 0 Å². The molecular weight excluding hydrogens is 396 g/mol. The van der Waals surface area contributed by atoms with Crippen LogP contribution in [-0.2, 0) is 0 Å². The molecule has 0 atom stereocenters. The van der Waals surface area contributed by atoms with Gasteiger partial charge in [-0.3, -0.25) is 4.79 Å². The second kappa shape index (κ2) is 6.81. The first-order chi connectivity index (χ1) is 14.9. The van der Waals surface area contributed by atoms with E-state index < -0.39 is 5.43 Å². The van der Waals surface area contributed by atoms with Gasteiger partial charge in [0.1, 0.15) is 28.2 Å². The number of aromatic hydroxyl groups is 4. The summed E-state index contributed by atoms with van der Waals surface area (Å²) < 4.78 is 5.84. The van der Waals surface area contributed by atoms with E-state index >= 15 is 0 Å². The number of benzene rings is 4. The SMILES string of the molecule is O=c1c2cccc(O)c2oc2cc(-c3ccc(O)cc3)c(-c3ccc(O)cc3)c(O)c12. The van der Waals surface area contributed by atoms with Crippen LogP contribution in [0.2, 0.25) is 0 Å². The smallest absolute Gasteiger partial charge is 0.204 e. The van der Waals surface area contributed by atoms with E-state index in [2.05, 4.69) is 0 Å². The van der Waals surface area contributed by atoms with Crippen molar-refractivity contribution in [2.45, 2.75) is 0 Å². The maximum atomic E-state index is 13.2. The number of para-hydroxylation sites is 1. The Bertz CT molecular complexity index is 1510. The molecule has 0 saturated carbocycles. The second-order valence-electron chi connectivity index (χ2n) is 7.20. The summed E-state index contributed by atoms with van der Waals surface area (Å²) in [6.07, 6.45) is 0. The van der Waals surface area contributed by atoms with Crippen LogP contribution in [0.15, 0.2) is 82.0 Å². The number of fused-ring (bicyclic) bond motifs is 2. The summed E-state index contributed by atoms with van der Waals surface area (Å²) in [5.74, 6) is -0.298. The van der Waals surface area contributed by atoms with E-state index in [4.69, 9.17) is 4.42 Å². The van der Waals surface area contributed by atoms with Crippen molar-refractivity contribution < 1.29 is 24.8 Å². The molecule has 0 amide bonds. The molecule has 0 radical (unpaired) electrons. The van der Waals surface area contributed by atoms with Crippen molar-refractivity contribution in [3.63, 3.8) is 0 Å². The summed E-state index contributed by atoms with van der Waals surface area (Å²) in [6.45, 7) is 0. The summed E-state index contributed by atoms with van der Waals surface area (Å²) in [5, 5.41) is 40.9. The van der Waals surface area contributed by atoms with Gasteiger partial charge in [-0.05, 0) is 59.2 Å². The molecule has 0 aliphatic carbocycles. The van der Waals surface area contributed by atoms with Crippen molar-refractivity contribution in [1.82, 2.24) is 0 Å². The molecule has 4 aromatic carbocycles. The zero-order chi connectivity index (χ0) is 21.7. The van der Waals surface area contributed by atoms with Crippen LogP contribution in [0.1, 0.15) is 0 Å². The minimum Gasteiger partial charge on any atom is -0.508 e. The molecule has 0 spiro atoms. The molecule has 5 aromatic rings. The molecule has 5 rings (SSSR count). The molecule has 0 aliphatic rings. The van der Waals surface area contributed by atoms with Gasteiger partial charge in [-0.1, -0.05) is 30.3 Å². The summed E-state index contributed by atoms with van der Waals surface area (Å²) in [5.41, 5.74) is 1.85. The third kappa shape index (κ3) is 2.93. The van der Waals surface area contributed by atoms with Crippen molar-refractivity contribution in [3.8, 4) is 45.3 Å². The zero-order valence-corrected chi connectivity index (χ0v) is 16.0. The lowest BCUT2D eigenvalue weighted by molar-refractivity contribution is 0.466. The molecule has 152 valence electrons. The first-order valence-corrected chi connectivity index (χ1v) is 9.47. The zero-order valence-electron chi connectivity index (χ0n) is 16.0. The fourth-order valence-corrected chi connectivity index (χ4v) is 3.79. The third-order valence-electron chi connectivity index (χ3n) is 5.28. The van der Waals surface area contributed by atoms with E-state index in [0.717, 1.165) is 0 Å². The van der Waals surface area contributed by atoms with Crippen LogP contribution in [0.25, 0.3) is 44.2 Å². The van der Waals surface area contributed by atoms with Crippen LogP contribution < -0.4 is 5.43 Å². The van der Waals surface area contributed by atoms with Crippen molar-refractivity contribution in [3.05, 3.63) is 83.0 Å². The number of hydrogen-bond acceptors (Lipinski definition) is 6. The fraction of sp³-hybridized carbons (Fsp3) is 0. The Morgan fingerprint density at radius 2 is 1.32 bits per heavy atom. The quantitative estimate of drug-likeness (QED) is 0.300. The lowest BCUT2D eigenvalue weighted by Crippen LogP contribution is -2.04. The summed E-state index contributed by atoms with van der Waals surface area (Å²) >= 11 is 0. The van der Waals surface area contributed by atoms with Gasteiger partial charge in [-0.2, -0.15) is 0 Å². The van der Waals surface area contributed by atoms with E-state index in [9.17, 15) is 25.2 Å². The number of phenolic OH excluding ortho intramolecular Hbond substituents is 4. The van der Waals surface area contributed by atoms with Gasteiger partial charge in [0.25, 0.3) is 0 Å². The molecule has 1 aromatic heterocycles. The third-order valence-corrected chi connectivity index (χ3v) is 5.28. The van der Waals surface area contributed by atoms with Gasteiger partial charge in [-0.15, -0.1) is 0 Å². The van der Waals surface area contributed by atoms with E-state index in [1.54, 1.807) is 30.3 Å². The maximum Gasteiger partial charge on any atom is 0.204 e. The minimum absolute atomic E-state index is 0.0105. The van der Waals surface area contributed by atoms with Crippen LogP contribution in [0.5, 0.6) is 23.0 Å². The highest BCUT2D eigenvalue weighted by molar-refractivity contribution is 6.03. The molecule has 6 nitrogen and oxygen atoms in total. The Labute approximate surface area is 175 Å². The Hall–Kier alpha value is -4.45. The van der Waals surface area contributed by atoms with Gasteiger partial charge in [0, 0.05) is 5.56 Å². The van der Waals surface area contributed by atoms with Crippen LogP contribution in [0.3, 0.4) is 0 Å². The number of hydrogen-bond donors (Lipinski definition) is 4. The highest BCUT2D eigenvalue weighted by atomic mass is 16.4. The molecule has 4 N–H and O–H groups in total. The fourth-order valence-electron chi connectivity index (χ4n) is 3.79. The molecule has 1 heterocycles. The average molecular weight is 412 g/mol. The Balaban J connectivity index is 1.95. The normalized spacial score (nSPS) is 11.2. The molecule has 31 heavy (non-hydrogen) atoms. The van der Waals surface area contributed by atoms with Crippen molar-refractivity contribution in [1.29, 1.82) is 0 Å². The van der Waals surface area contributed by atoms with Crippen LogP contribution in [-0.4, -0.2) is 20.4 Å². The van der Waals surface area contributed by atoms with E-state index in [0.29, 0.717) is 22.3 Å². The molecule has 6 heteroatoms. The van der Waals surface area contributed by atoms with Gasteiger partial charge < -0.3 is 24.8 Å². The van der Waals surface area contributed by atoms with Gasteiger partial charge in [0.2, 0.25) is 5.43 Å². The predicted molar refractivity (Wildman–Crippen MR) is 118 cm³/mol. The molecule has 0 unspecified atom stereocenters. The summed E-state index contributed by atoms with van der Waals surface area (Å²) in [6, 6.07) is 18.7. The van der Waals surface area contributed by atoms with Crippen LogP contribution in [0, 0.1) is 0 Å². The molecule has 0 bridgehead atoms. The monoisotopic (exact) mass is 412 g/mol. The Morgan fingerprint density at radius 3 is 1.97 bits per heavy atom. The predicted octanol–water partition coefficient (Wildman–Crippen LogP) is 5.10. The topological polar surface area (TPSA) is 111 Å². The lowest BCUT2D eigenvalue weighted by atomic mass is 9.91. The van der Waals surface area contributed by atoms with Crippen molar-refractivity contribution in [2.24, 2.45) is 0 Å². The number of rotatable bonds is 2. The van der Waals surface area contributed by atoms with Crippen molar-refractivity contribution in [2.75, 3.05) is 0 Å².